The molecule has 1 N–H and O–H groups in total. The van der Waals surface area contributed by atoms with Gasteiger partial charge in [0.2, 0.25) is 0 Å². The third kappa shape index (κ3) is 4.54. The lowest BCUT2D eigenvalue weighted by molar-refractivity contribution is 0.0692. The molecular formula is C12H15FO4S. The molecule has 0 saturated heterocycles. The van der Waals surface area contributed by atoms with E-state index in [1.165, 1.54) is 12.1 Å². The van der Waals surface area contributed by atoms with Crippen molar-refractivity contribution in [3.05, 3.63) is 35.1 Å². The Labute approximate surface area is 107 Å². The molecule has 1 unspecified atom stereocenters. The first-order valence-electron chi connectivity index (χ1n) is 5.40. The maximum Gasteiger partial charge on any atom is 0.338 e. The van der Waals surface area contributed by atoms with Gasteiger partial charge in [-0.15, -0.1) is 0 Å². The summed E-state index contributed by atoms with van der Waals surface area (Å²) in [5, 5.41) is 8.67. The Morgan fingerprint density at radius 2 is 2.22 bits per heavy atom. The van der Waals surface area contributed by atoms with Crippen LogP contribution in [-0.4, -0.2) is 34.8 Å². The number of benzene rings is 1. The van der Waals surface area contributed by atoms with Gasteiger partial charge in [-0.05, 0) is 24.1 Å². The number of carboxylic acids is 1. The van der Waals surface area contributed by atoms with Gasteiger partial charge in [0.15, 0.2) is 0 Å². The van der Waals surface area contributed by atoms with Crippen LogP contribution >= 0.6 is 0 Å². The normalized spacial score (nSPS) is 12.3. The van der Waals surface area contributed by atoms with Crippen molar-refractivity contribution >= 4 is 16.8 Å². The minimum Gasteiger partial charge on any atom is -0.478 e. The van der Waals surface area contributed by atoms with E-state index in [4.69, 9.17) is 9.84 Å². The van der Waals surface area contributed by atoms with Crippen LogP contribution in [0.4, 0.5) is 4.39 Å². The zero-order valence-electron chi connectivity index (χ0n) is 10.0. The predicted molar refractivity (Wildman–Crippen MR) is 66.6 cm³/mol. The van der Waals surface area contributed by atoms with Gasteiger partial charge in [-0.25, -0.2) is 9.18 Å². The molecule has 1 aromatic carbocycles. The number of ether oxygens (including phenoxy) is 1. The van der Waals surface area contributed by atoms with E-state index >= 15 is 0 Å². The molecule has 1 rings (SSSR count). The fourth-order valence-electron chi connectivity index (χ4n) is 1.44. The first kappa shape index (κ1) is 14.8. The van der Waals surface area contributed by atoms with Crippen molar-refractivity contribution < 1.29 is 23.2 Å². The zero-order chi connectivity index (χ0) is 13.5. The van der Waals surface area contributed by atoms with Crippen LogP contribution in [0, 0.1) is 5.82 Å². The van der Waals surface area contributed by atoms with E-state index in [1.807, 2.05) is 0 Å². The Morgan fingerprint density at radius 3 is 2.78 bits per heavy atom. The Balaban J connectivity index is 2.60. The molecule has 0 aliphatic carbocycles. The second kappa shape index (κ2) is 7.23. The molecule has 100 valence electrons. The monoisotopic (exact) mass is 274 g/mol. The van der Waals surface area contributed by atoms with Crippen LogP contribution in [-0.2, 0) is 21.3 Å². The summed E-state index contributed by atoms with van der Waals surface area (Å²) in [4.78, 5) is 10.6. The molecule has 1 aromatic rings. The number of carboxylic acid groups (broad SMARTS) is 1. The lowest BCUT2D eigenvalue weighted by Gasteiger charge is -2.04. The van der Waals surface area contributed by atoms with E-state index < -0.39 is 22.6 Å². The smallest absolute Gasteiger partial charge is 0.338 e. The number of rotatable bonds is 7. The van der Waals surface area contributed by atoms with E-state index in [1.54, 1.807) is 7.11 Å². The number of hydrogen-bond acceptors (Lipinski definition) is 3. The number of carbonyl (C=O) groups is 1. The molecule has 0 aliphatic rings. The average molecular weight is 274 g/mol. The molecule has 1 atom stereocenters. The Morgan fingerprint density at radius 1 is 1.50 bits per heavy atom. The third-order valence-corrected chi connectivity index (χ3v) is 3.71. The zero-order valence-corrected chi connectivity index (χ0v) is 10.8. The van der Waals surface area contributed by atoms with Crippen LogP contribution in [0.25, 0.3) is 0 Å². The van der Waals surface area contributed by atoms with Gasteiger partial charge in [0.1, 0.15) is 5.82 Å². The third-order valence-electron chi connectivity index (χ3n) is 2.31. The standard InChI is InChI=1S/C12H15FO4S/c1-17-5-2-6-18(16)8-9-3-4-10(12(14)15)11(13)7-9/h3-4,7H,2,5-6,8H2,1H3,(H,14,15). The number of methoxy groups -OCH3 is 1. The molecule has 0 bridgehead atoms. The summed E-state index contributed by atoms with van der Waals surface area (Å²) in [5.74, 6) is -1.40. The highest BCUT2D eigenvalue weighted by Gasteiger charge is 2.11. The van der Waals surface area contributed by atoms with E-state index in [0.29, 0.717) is 24.3 Å². The highest BCUT2D eigenvalue weighted by molar-refractivity contribution is 7.84. The van der Waals surface area contributed by atoms with Crippen molar-refractivity contribution in [2.45, 2.75) is 12.2 Å². The van der Waals surface area contributed by atoms with Gasteiger partial charge in [-0.2, -0.15) is 0 Å². The van der Waals surface area contributed by atoms with Crippen LogP contribution in [0.2, 0.25) is 0 Å². The Bertz CT molecular complexity index is 448. The van der Waals surface area contributed by atoms with Gasteiger partial charge in [0, 0.05) is 36.0 Å². The minimum absolute atomic E-state index is 0.223. The fourth-order valence-corrected chi connectivity index (χ4v) is 2.58. The van der Waals surface area contributed by atoms with Gasteiger partial charge in [0.25, 0.3) is 0 Å². The minimum atomic E-state index is -1.31. The van der Waals surface area contributed by atoms with Crippen molar-refractivity contribution in [2.75, 3.05) is 19.5 Å². The molecule has 0 radical (unpaired) electrons. The maximum absolute atomic E-state index is 13.4. The summed E-state index contributed by atoms with van der Waals surface area (Å²) in [5.41, 5.74) is 0.164. The quantitative estimate of drug-likeness (QED) is 0.770. The molecular weight excluding hydrogens is 259 g/mol. The summed E-state index contributed by atoms with van der Waals surface area (Å²) in [6.07, 6.45) is 0.679. The van der Waals surface area contributed by atoms with Crippen molar-refractivity contribution in [2.24, 2.45) is 0 Å². The van der Waals surface area contributed by atoms with Crippen LogP contribution in [0.5, 0.6) is 0 Å². The molecule has 0 aromatic heterocycles. The number of hydrogen-bond donors (Lipinski definition) is 1. The Hall–Kier alpha value is -1.27. The summed E-state index contributed by atoms with van der Waals surface area (Å²) < 4.78 is 29.8. The van der Waals surface area contributed by atoms with Crippen LogP contribution in [0.3, 0.4) is 0 Å². The van der Waals surface area contributed by atoms with Crippen molar-refractivity contribution in [3.63, 3.8) is 0 Å². The van der Waals surface area contributed by atoms with E-state index in [9.17, 15) is 13.4 Å². The van der Waals surface area contributed by atoms with Crippen LogP contribution in [0.1, 0.15) is 22.3 Å². The molecule has 0 heterocycles. The SMILES string of the molecule is COCCCS(=O)Cc1ccc(C(=O)O)c(F)c1. The molecule has 0 aliphatic heterocycles. The van der Waals surface area contributed by atoms with Gasteiger partial charge >= 0.3 is 5.97 Å². The molecule has 0 fully saturated rings. The second-order valence-corrected chi connectivity index (χ2v) is 5.33. The lowest BCUT2D eigenvalue weighted by Crippen LogP contribution is -2.06. The second-order valence-electron chi connectivity index (χ2n) is 3.75. The van der Waals surface area contributed by atoms with E-state index in [2.05, 4.69) is 0 Å². The van der Waals surface area contributed by atoms with E-state index in [0.717, 1.165) is 6.07 Å². The molecule has 4 nitrogen and oxygen atoms in total. The van der Waals surface area contributed by atoms with Crippen molar-refractivity contribution in [1.82, 2.24) is 0 Å². The molecule has 0 amide bonds. The topological polar surface area (TPSA) is 63.6 Å². The highest BCUT2D eigenvalue weighted by atomic mass is 32.2. The average Bonchev–Trinajstić information content (AvgIpc) is 2.28. The van der Waals surface area contributed by atoms with E-state index in [-0.39, 0.29) is 11.3 Å². The van der Waals surface area contributed by atoms with Crippen LogP contribution in [0.15, 0.2) is 18.2 Å². The summed E-state index contributed by atoms with van der Waals surface area (Å²) in [6, 6.07) is 3.80. The molecule has 0 saturated carbocycles. The summed E-state index contributed by atoms with van der Waals surface area (Å²) in [7, 11) is 0.480. The van der Waals surface area contributed by atoms with Gasteiger partial charge in [-0.3, -0.25) is 4.21 Å². The lowest BCUT2D eigenvalue weighted by atomic mass is 10.1. The number of aromatic carboxylic acids is 1. The van der Waals surface area contributed by atoms with Crippen LogP contribution < -0.4 is 0 Å². The van der Waals surface area contributed by atoms with Gasteiger partial charge < -0.3 is 9.84 Å². The van der Waals surface area contributed by atoms with Crippen molar-refractivity contribution in [1.29, 1.82) is 0 Å². The first-order valence-corrected chi connectivity index (χ1v) is 6.89. The maximum atomic E-state index is 13.4. The Kier molecular flexibility index (Phi) is 5.94. The largest absolute Gasteiger partial charge is 0.478 e. The molecule has 6 heteroatoms. The molecule has 0 spiro atoms. The van der Waals surface area contributed by atoms with Gasteiger partial charge in [-0.1, -0.05) is 6.07 Å². The fraction of sp³-hybridized carbons (Fsp3) is 0.417. The molecule has 18 heavy (non-hydrogen) atoms. The van der Waals surface area contributed by atoms with Gasteiger partial charge in [0.05, 0.1) is 5.56 Å². The summed E-state index contributed by atoms with van der Waals surface area (Å²) >= 11 is 0. The number of halogens is 1. The highest BCUT2D eigenvalue weighted by Crippen LogP contribution is 2.12. The summed E-state index contributed by atoms with van der Waals surface area (Å²) in [6.45, 7) is 0.540. The van der Waals surface area contributed by atoms with Crippen molar-refractivity contribution in [3.8, 4) is 0 Å². The first-order chi connectivity index (χ1) is 8.54. The predicted octanol–water partition coefficient (Wildman–Crippen LogP) is 1.81.